The number of alkyl carbamates (subject to hydrolysis) is 1. The Morgan fingerprint density at radius 2 is 1.69 bits per heavy atom. The second-order valence-electron chi connectivity index (χ2n) is 6.45. The van der Waals surface area contributed by atoms with Crippen molar-refractivity contribution in [1.29, 1.82) is 0 Å². The van der Waals surface area contributed by atoms with E-state index in [0.717, 1.165) is 0 Å². The van der Waals surface area contributed by atoms with Gasteiger partial charge in [-0.2, -0.15) is 0 Å². The summed E-state index contributed by atoms with van der Waals surface area (Å²) in [7, 11) is 0. The van der Waals surface area contributed by atoms with Crippen molar-refractivity contribution in [3.05, 3.63) is 23.8 Å². The quantitative estimate of drug-likeness (QED) is 0.531. The third-order valence-electron chi connectivity index (χ3n) is 3.00. The third kappa shape index (κ3) is 8.09. The van der Waals surface area contributed by atoms with Crippen LogP contribution in [0.3, 0.4) is 0 Å². The highest BCUT2D eigenvalue weighted by Crippen LogP contribution is 2.28. The number of carbonyl (C=O) groups excluding carboxylic acids is 2. The maximum atomic E-state index is 12.1. The summed E-state index contributed by atoms with van der Waals surface area (Å²) in [5, 5.41) is 2.61. The molecule has 0 aliphatic rings. The van der Waals surface area contributed by atoms with E-state index in [1.54, 1.807) is 39.0 Å². The van der Waals surface area contributed by atoms with Gasteiger partial charge in [0.1, 0.15) is 5.60 Å². The minimum Gasteiger partial charge on any atom is -0.490 e. The summed E-state index contributed by atoms with van der Waals surface area (Å²) < 4.78 is 21.3. The normalized spacial score (nSPS) is 10.8. The van der Waals surface area contributed by atoms with Crippen molar-refractivity contribution in [2.24, 2.45) is 0 Å². The molecule has 0 saturated heterocycles. The molecule has 0 atom stereocenters. The summed E-state index contributed by atoms with van der Waals surface area (Å²) in [5.41, 5.74) is -0.153. The Morgan fingerprint density at radius 1 is 1.04 bits per heavy atom. The number of hydrogen-bond donors (Lipinski definition) is 1. The lowest BCUT2D eigenvalue weighted by Gasteiger charge is -2.19. The lowest BCUT2D eigenvalue weighted by Crippen LogP contribution is -2.33. The summed E-state index contributed by atoms with van der Waals surface area (Å²) >= 11 is 0. The average molecular weight is 367 g/mol. The van der Waals surface area contributed by atoms with Crippen LogP contribution in [0, 0.1) is 0 Å². The molecule has 7 heteroatoms. The first-order valence-electron chi connectivity index (χ1n) is 8.80. The van der Waals surface area contributed by atoms with E-state index in [1.165, 1.54) is 0 Å². The van der Waals surface area contributed by atoms with Crippen LogP contribution in [0.4, 0.5) is 4.79 Å². The van der Waals surface area contributed by atoms with Crippen molar-refractivity contribution in [1.82, 2.24) is 5.32 Å². The second kappa shape index (κ2) is 10.5. The van der Waals surface area contributed by atoms with Gasteiger partial charge in [0.25, 0.3) is 0 Å². The van der Waals surface area contributed by atoms with Crippen LogP contribution >= 0.6 is 0 Å². The summed E-state index contributed by atoms with van der Waals surface area (Å²) in [6, 6.07) is 4.93. The van der Waals surface area contributed by atoms with Gasteiger partial charge in [-0.1, -0.05) is 0 Å². The Kier molecular flexibility index (Phi) is 8.75. The van der Waals surface area contributed by atoms with Crippen LogP contribution in [-0.2, 0) is 9.47 Å². The number of esters is 1. The zero-order valence-electron chi connectivity index (χ0n) is 16.2. The number of amides is 1. The van der Waals surface area contributed by atoms with Crippen LogP contribution in [0.15, 0.2) is 18.2 Å². The zero-order chi connectivity index (χ0) is 19.6. The predicted octanol–water partition coefficient (Wildman–Crippen LogP) is 3.56. The molecule has 7 nitrogen and oxygen atoms in total. The topological polar surface area (TPSA) is 83.1 Å². The molecule has 0 aliphatic heterocycles. The molecule has 1 amide bonds. The molecule has 26 heavy (non-hydrogen) atoms. The Morgan fingerprint density at radius 3 is 2.31 bits per heavy atom. The van der Waals surface area contributed by atoms with Crippen molar-refractivity contribution in [2.75, 3.05) is 26.4 Å². The molecule has 0 unspecified atom stereocenters. The number of ether oxygens (including phenoxy) is 4. The number of rotatable bonds is 9. The lowest BCUT2D eigenvalue weighted by atomic mass is 10.2. The van der Waals surface area contributed by atoms with Gasteiger partial charge in [0, 0.05) is 6.54 Å². The van der Waals surface area contributed by atoms with Crippen LogP contribution < -0.4 is 14.8 Å². The van der Waals surface area contributed by atoms with E-state index < -0.39 is 17.7 Å². The first-order valence-corrected chi connectivity index (χ1v) is 8.80. The number of carbonyl (C=O) groups is 2. The fourth-order valence-electron chi connectivity index (χ4n) is 2.00. The monoisotopic (exact) mass is 367 g/mol. The van der Waals surface area contributed by atoms with Crippen molar-refractivity contribution in [3.63, 3.8) is 0 Å². The molecular formula is C19H29NO6. The van der Waals surface area contributed by atoms with Gasteiger partial charge in [0.2, 0.25) is 0 Å². The highest BCUT2D eigenvalue weighted by atomic mass is 16.6. The van der Waals surface area contributed by atoms with Crippen molar-refractivity contribution in [2.45, 2.75) is 46.6 Å². The number of nitrogens with one attached hydrogen (secondary N) is 1. The van der Waals surface area contributed by atoms with Crippen molar-refractivity contribution >= 4 is 12.1 Å². The van der Waals surface area contributed by atoms with Gasteiger partial charge in [-0.25, -0.2) is 9.59 Å². The summed E-state index contributed by atoms with van der Waals surface area (Å²) in [5.74, 6) is 0.647. The molecule has 0 spiro atoms. The van der Waals surface area contributed by atoms with Crippen LogP contribution in [0.2, 0.25) is 0 Å². The smallest absolute Gasteiger partial charge is 0.407 e. The van der Waals surface area contributed by atoms with E-state index in [9.17, 15) is 9.59 Å². The average Bonchev–Trinajstić information content (AvgIpc) is 2.54. The molecule has 0 aliphatic carbocycles. The van der Waals surface area contributed by atoms with Gasteiger partial charge in [0.05, 0.1) is 25.4 Å². The summed E-state index contributed by atoms with van der Waals surface area (Å²) in [4.78, 5) is 23.6. The Bertz CT molecular complexity index is 594. The van der Waals surface area contributed by atoms with E-state index in [-0.39, 0.29) is 6.61 Å². The Labute approximate surface area is 155 Å². The van der Waals surface area contributed by atoms with E-state index in [4.69, 9.17) is 18.9 Å². The molecular weight excluding hydrogens is 338 g/mol. The molecule has 1 N–H and O–H groups in total. The summed E-state index contributed by atoms with van der Waals surface area (Å²) in [6.45, 7) is 10.6. The van der Waals surface area contributed by atoms with Crippen LogP contribution in [0.25, 0.3) is 0 Å². The van der Waals surface area contributed by atoms with Crippen LogP contribution in [-0.4, -0.2) is 44.0 Å². The van der Waals surface area contributed by atoms with Gasteiger partial charge in [-0.3, -0.25) is 0 Å². The van der Waals surface area contributed by atoms with Gasteiger partial charge >= 0.3 is 12.1 Å². The zero-order valence-corrected chi connectivity index (χ0v) is 16.2. The summed E-state index contributed by atoms with van der Waals surface area (Å²) in [6.07, 6.45) is -0.00273. The van der Waals surface area contributed by atoms with E-state index >= 15 is 0 Å². The third-order valence-corrected chi connectivity index (χ3v) is 3.00. The van der Waals surface area contributed by atoms with E-state index in [0.29, 0.717) is 43.2 Å². The van der Waals surface area contributed by atoms with Crippen molar-refractivity contribution < 1.29 is 28.5 Å². The lowest BCUT2D eigenvalue weighted by molar-refractivity contribution is 0.0482. The number of benzene rings is 1. The minimum atomic E-state index is -0.539. The molecule has 0 bridgehead atoms. The first-order chi connectivity index (χ1) is 12.3. The Hall–Kier alpha value is -2.44. The van der Waals surface area contributed by atoms with E-state index in [1.807, 2.05) is 13.8 Å². The fraction of sp³-hybridized carbons (Fsp3) is 0.579. The second-order valence-corrected chi connectivity index (χ2v) is 6.45. The molecule has 0 radical (unpaired) electrons. The SMILES string of the molecule is CCOc1ccc(C(=O)OCCCNC(=O)OC(C)(C)C)cc1OCC. The maximum absolute atomic E-state index is 12.1. The van der Waals surface area contributed by atoms with Gasteiger partial charge in [-0.15, -0.1) is 0 Å². The Balaban J connectivity index is 2.43. The largest absolute Gasteiger partial charge is 0.490 e. The van der Waals surface area contributed by atoms with Gasteiger partial charge in [-0.05, 0) is 59.2 Å². The molecule has 146 valence electrons. The molecule has 0 saturated carbocycles. The molecule has 0 heterocycles. The molecule has 1 aromatic carbocycles. The van der Waals surface area contributed by atoms with Crippen LogP contribution in [0.1, 0.15) is 51.4 Å². The molecule has 1 rings (SSSR count). The first kappa shape index (κ1) is 21.6. The minimum absolute atomic E-state index is 0.186. The number of hydrogen-bond acceptors (Lipinski definition) is 6. The molecule has 0 fully saturated rings. The molecule has 1 aromatic rings. The van der Waals surface area contributed by atoms with Gasteiger partial charge in [0.15, 0.2) is 11.5 Å². The predicted molar refractivity (Wildman–Crippen MR) is 97.9 cm³/mol. The standard InChI is InChI=1S/C19H29NO6/c1-6-23-15-10-9-14(13-16(15)24-7-2)17(21)25-12-8-11-20-18(22)26-19(3,4)5/h9-10,13H,6-8,11-12H2,1-5H3,(H,20,22). The highest BCUT2D eigenvalue weighted by Gasteiger charge is 2.16. The van der Waals surface area contributed by atoms with Crippen molar-refractivity contribution in [3.8, 4) is 11.5 Å². The van der Waals surface area contributed by atoms with Crippen LogP contribution in [0.5, 0.6) is 11.5 Å². The van der Waals surface area contributed by atoms with Gasteiger partial charge < -0.3 is 24.3 Å². The molecule has 0 aromatic heterocycles. The highest BCUT2D eigenvalue weighted by molar-refractivity contribution is 5.90. The fourth-order valence-corrected chi connectivity index (χ4v) is 2.00. The van der Waals surface area contributed by atoms with E-state index in [2.05, 4.69) is 5.32 Å². The maximum Gasteiger partial charge on any atom is 0.407 e.